The molecule has 1 aromatic carbocycles. The van der Waals surface area contributed by atoms with E-state index in [-0.39, 0.29) is 11.8 Å². The monoisotopic (exact) mass is 318 g/mol. The lowest BCUT2D eigenvalue weighted by Crippen LogP contribution is -2.55. The molecule has 0 radical (unpaired) electrons. The Labute approximate surface area is 133 Å². The molecule has 0 aliphatic rings. The van der Waals surface area contributed by atoms with Gasteiger partial charge in [0, 0.05) is 5.56 Å². The van der Waals surface area contributed by atoms with Gasteiger partial charge in [-0.2, -0.15) is 0 Å². The first-order chi connectivity index (χ1) is 10.3. The summed E-state index contributed by atoms with van der Waals surface area (Å²) >= 11 is 1.02. The Kier molecular flexibility index (Phi) is 4.56. The quantitative estimate of drug-likeness (QED) is 0.863. The number of nitrogens with one attached hydrogen (secondary N) is 1. The molecule has 0 bridgehead atoms. The highest BCUT2D eigenvalue weighted by molar-refractivity contribution is 7.07. The summed E-state index contributed by atoms with van der Waals surface area (Å²) in [6.45, 7) is 7.26. The second-order valence-electron chi connectivity index (χ2n) is 5.81. The van der Waals surface area contributed by atoms with E-state index in [0.29, 0.717) is 16.1 Å². The highest BCUT2D eigenvalue weighted by Crippen LogP contribution is 2.19. The van der Waals surface area contributed by atoms with Crippen LogP contribution in [-0.2, 0) is 0 Å². The zero-order valence-electron chi connectivity index (χ0n) is 13.0. The van der Waals surface area contributed by atoms with Crippen molar-refractivity contribution in [3.05, 3.63) is 46.5 Å². The van der Waals surface area contributed by atoms with Gasteiger partial charge in [0.25, 0.3) is 11.8 Å². The summed E-state index contributed by atoms with van der Waals surface area (Å²) in [5.41, 5.74) is 3.14. The van der Waals surface area contributed by atoms with Crippen molar-refractivity contribution in [2.45, 2.75) is 33.2 Å². The van der Waals surface area contributed by atoms with Crippen LogP contribution in [0, 0.1) is 6.92 Å². The zero-order chi connectivity index (χ0) is 16.3. The van der Waals surface area contributed by atoms with E-state index in [1.807, 2.05) is 26.8 Å². The van der Waals surface area contributed by atoms with Crippen molar-refractivity contribution in [2.75, 3.05) is 0 Å². The van der Waals surface area contributed by atoms with Gasteiger partial charge in [-0.05, 0) is 51.4 Å². The predicted octanol–water partition coefficient (Wildman–Crippen LogP) is 2.43. The maximum Gasteiger partial charge on any atom is 0.286 e. The number of hydrogen-bond acceptors (Lipinski definition) is 5. The molecule has 0 atom stereocenters. The Morgan fingerprint density at radius 3 is 2.32 bits per heavy atom. The molecule has 2 rings (SSSR count). The largest absolute Gasteiger partial charge is 0.286 e. The summed E-state index contributed by atoms with van der Waals surface area (Å²) in [5, 5.41) is 5.17. The third kappa shape index (κ3) is 3.48. The maximum absolute atomic E-state index is 12.7. The van der Waals surface area contributed by atoms with E-state index < -0.39 is 5.54 Å². The van der Waals surface area contributed by atoms with Gasteiger partial charge in [-0.1, -0.05) is 22.7 Å². The smallest absolute Gasteiger partial charge is 0.267 e. The first-order valence-electron chi connectivity index (χ1n) is 6.80. The molecule has 22 heavy (non-hydrogen) atoms. The first kappa shape index (κ1) is 16.1. The Bertz CT molecular complexity index is 676. The van der Waals surface area contributed by atoms with Gasteiger partial charge < -0.3 is 0 Å². The van der Waals surface area contributed by atoms with E-state index in [1.165, 1.54) is 5.01 Å². The predicted molar refractivity (Wildman–Crippen MR) is 84.5 cm³/mol. The van der Waals surface area contributed by atoms with Crippen LogP contribution < -0.4 is 5.43 Å². The van der Waals surface area contributed by atoms with E-state index in [2.05, 4.69) is 15.0 Å². The highest BCUT2D eigenvalue weighted by atomic mass is 32.1. The number of benzene rings is 1. The average molecular weight is 318 g/mol. The van der Waals surface area contributed by atoms with Crippen molar-refractivity contribution in [2.24, 2.45) is 0 Å². The fourth-order valence-electron chi connectivity index (χ4n) is 1.81. The van der Waals surface area contributed by atoms with Crippen LogP contribution in [0.25, 0.3) is 0 Å². The Morgan fingerprint density at radius 2 is 1.82 bits per heavy atom. The van der Waals surface area contributed by atoms with Crippen LogP contribution in [0.5, 0.6) is 0 Å². The summed E-state index contributed by atoms with van der Waals surface area (Å²) in [6, 6.07) is 8.76. The molecule has 116 valence electrons. The van der Waals surface area contributed by atoms with E-state index in [4.69, 9.17) is 0 Å². The fraction of sp³-hybridized carbons (Fsp3) is 0.333. The molecule has 2 aromatic rings. The molecule has 6 nitrogen and oxygen atoms in total. The van der Waals surface area contributed by atoms with Crippen LogP contribution in [0.4, 0.5) is 0 Å². The van der Waals surface area contributed by atoms with Crippen LogP contribution in [0.1, 0.15) is 46.5 Å². The van der Waals surface area contributed by atoms with Crippen LogP contribution in [0.2, 0.25) is 0 Å². The lowest BCUT2D eigenvalue weighted by atomic mass is 10.1. The number of hydrazine groups is 1. The summed E-state index contributed by atoms with van der Waals surface area (Å²) in [4.78, 5) is 25.4. The third-order valence-corrected chi connectivity index (χ3v) is 3.78. The number of hydrogen-bond donors (Lipinski definition) is 1. The average Bonchev–Trinajstić information content (AvgIpc) is 2.89. The Morgan fingerprint density at radius 1 is 1.18 bits per heavy atom. The molecule has 1 N–H and O–H groups in total. The second-order valence-corrected chi connectivity index (χ2v) is 6.56. The molecule has 0 unspecified atom stereocenters. The summed E-state index contributed by atoms with van der Waals surface area (Å²) in [6.07, 6.45) is 0. The zero-order valence-corrected chi connectivity index (χ0v) is 13.8. The van der Waals surface area contributed by atoms with Crippen molar-refractivity contribution in [1.29, 1.82) is 0 Å². The lowest BCUT2D eigenvalue weighted by molar-refractivity contribution is 0.0362. The van der Waals surface area contributed by atoms with E-state index in [0.717, 1.165) is 11.5 Å². The number of rotatable bonds is 2. The molecule has 0 aliphatic carbocycles. The fourth-order valence-corrected chi connectivity index (χ4v) is 2.40. The van der Waals surface area contributed by atoms with Crippen LogP contribution in [0.3, 0.4) is 0 Å². The van der Waals surface area contributed by atoms with Gasteiger partial charge in [0.2, 0.25) is 0 Å². The van der Waals surface area contributed by atoms with E-state index in [1.54, 1.807) is 31.2 Å². The SMILES string of the molecule is Cc1nnsc1C(=O)N(NC(=O)c1ccccc1)C(C)(C)C. The minimum Gasteiger partial charge on any atom is -0.267 e. The molecule has 0 saturated carbocycles. The topological polar surface area (TPSA) is 75.2 Å². The van der Waals surface area contributed by atoms with Crippen LogP contribution in [-0.4, -0.2) is 31.9 Å². The molecule has 1 aromatic heterocycles. The molecule has 7 heteroatoms. The standard InChI is InChI=1S/C15H18N4O2S/c1-10-12(22-18-16-10)14(21)19(15(2,3)4)17-13(20)11-8-6-5-7-9-11/h5-9H,1-4H3,(H,17,20). The molecular formula is C15H18N4O2S. The highest BCUT2D eigenvalue weighted by Gasteiger charge is 2.31. The van der Waals surface area contributed by atoms with E-state index >= 15 is 0 Å². The number of aromatic nitrogens is 2. The van der Waals surface area contributed by atoms with Crippen molar-refractivity contribution in [1.82, 2.24) is 20.0 Å². The summed E-state index contributed by atoms with van der Waals surface area (Å²) in [7, 11) is 0. The van der Waals surface area contributed by atoms with Crippen molar-refractivity contribution < 1.29 is 9.59 Å². The molecule has 0 spiro atoms. The minimum atomic E-state index is -0.585. The van der Waals surface area contributed by atoms with E-state index in [9.17, 15) is 9.59 Å². The maximum atomic E-state index is 12.7. The van der Waals surface area contributed by atoms with Crippen molar-refractivity contribution >= 4 is 23.3 Å². The van der Waals surface area contributed by atoms with Gasteiger partial charge in [0.15, 0.2) is 0 Å². The summed E-state index contributed by atoms with van der Waals surface area (Å²) in [5.74, 6) is -0.650. The molecular weight excluding hydrogens is 300 g/mol. The van der Waals surface area contributed by atoms with Gasteiger partial charge in [-0.25, -0.2) is 5.01 Å². The number of carbonyl (C=O) groups excluding carboxylic acids is 2. The first-order valence-corrected chi connectivity index (χ1v) is 7.57. The molecule has 1 heterocycles. The summed E-state index contributed by atoms with van der Waals surface area (Å²) < 4.78 is 3.78. The minimum absolute atomic E-state index is 0.315. The van der Waals surface area contributed by atoms with Crippen LogP contribution in [0.15, 0.2) is 30.3 Å². The molecule has 0 aliphatic heterocycles. The lowest BCUT2D eigenvalue weighted by Gasteiger charge is -2.35. The second kappa shape index (κ2) is 6.23. The Balaban J connectivity index is 2.27. The van der Waals surface area contributed by atoms with Gasteiger partial charge in [-0.3, -0.25) is 15.0 Å². The van der Waals surface area contributed by atoms with Crippen molar-refractivity contribution in [3.8, 4) is 0 Å². The van der Waals surface area contributed by atoms with Gasteiger partial charge in [0.1, 0.15) is 4.88 Å². The normalized spacial score (nSPS) is 11.1. The number of amides is 2. The number of aryl methyl sites for hydroxylation is 1. The van der Waals surface area contributed by atoms with Crippen LogP contribution >= 0.6 is 11.5 Å². The third-order valence-electron chi connectivity index (χ3n) is 2.97. The molecule has 0 fully saturated rings. The molecule has 0 saturated heterocycles. The molecule has 2 amide bonds. The number of nitrogens with zero attached hydrogens (tertiary/aromatic N) is 3. The van der Waals surface area contributed by atoms with Gasteiger partial charge in [-0.15, -0.1) is 5.10 Å². The Hall–Kier alpha value is -2.28. The van der Waals surface area contributed by atoms with Gasteiger partial charge in [0.05, 0.1) is 11.2 Å². The van der Waals surface area contributed by atoms with Crippen molar-refractivity contribution in [3.63, 3.8) is 0 Å². The number of carbonyl (C=O) groups is 2. The van der Waals surface area contributed by atoms with Gasteiger partial charge >= 0.3 is 0 Å².